The fourth-order valence-corrected chi connectivity index (χ4v) is 4.31. The van der Waals surface area contributed by atoms with E-state index in [-0.39, 0.29) is 4.90 Å². The molecular formula is C25H16N4O4S. The van der Waals surface area contributed by atoms with Gasteiger partial charge < -0.3 is 4.42 Å². The summed E-state index contributed by atoms with van der Waals surface area (Å²) in [5, 5.41) is 11.5. The Morgan fingerprint density at radius 3 is 2.50 bits per heavy atom. The first-order chi connectivity index (χ1) is 16.4. The molecule has 4 aromatic carbocycles. The molecule has 9 heteroatoms. The van der Waals surface area contributed by atoms with Crippen LogP contribution in [0.1, 0.15) is 11.5 Å². The van der Waals surface area contributed by atoms with Gasteiger partial charge in [-0.2, -0.15) is 13.2 Å². The van der Waals surface area contributed by atoms with E-state index >= 15 is 0 Å². The summed E-state index contributed by atoms with van der Waals surface area (Å²) in [6.07, 6.45) is 3.52. The van der Waals surface area contributed by atoms with Crippen LogP contribution in [0.15, 0.2) is 88.2 Å². The highest BCUT2D eigenvalue weighted by atomic mass is 32.2. The number of fused-ring (bicyclic) bond motifs is 4. The summed E-state index contributed by atoms with van der Waals surface area (Å²) < 4.78 is 37.4. The van der Waals surface area contributed by atoms with Crippen molar-refractivity contribution in [2.75, 3.05) is 0 Å². The lowest BCUT2D eigenvalue weighted by Crippen LogP contribution is -1.97. The third-order valence-electron chi connectivity index (χ3n) is 5.49. The fourth-order valence-electron chi connectivity index (χ4n) is 3.81. The zero-order valence-corrected chi connectivity index (χ0v) is 18.3. The van der Waals surface area contributed by atoms with Gasteiger partial charge in [0, 0.05) is 11.5 Å². The van der Waals surface area contributed by atoms with Crippen molar-refractivity contribution in [3.63, 3.8) is 0 Å². The second-order valence-corrected chi connectivity index (χ2v) is 9.15. The normalized spacial score (nSPS) is 12.4. The van der Waals surface area contributed by atoms with E-state index in [1.54, 1.807) is 10.9 Å². The molecule has 166 valence electrons. The molecule has 6 rings (SSSR count). The highest BCUT2D eigenvalue weighted by molar-refractivity contribution is 7.85. The Kier molecular flexibility index (Phi) is 4.54. The minimum atomic E-state index is -4.30. The molecule has 0 aliphatic rings. The fraction of sp³-hybridized carbons (Fsp3) is 0. The smallest absolute Gasteiger partial charge is 0.294 e. The Labute approximate surface area is 193 Å². The van der Waals surface area contributed by atoms with E-state index in [2.05, 4.69) is 21.2 Å². The van der Waals surface area contributed by atoms with E-state index in [4.69, 9.17) is 4.42 Å². The number of oxazole rings is 1. The summed E-state index contributed by atoms with van der Waals surface area (Å²) in [4.78, 5) is 5.66. The van der Waals surface area contributed by atoms with Gasteiger partial charge in [-0.05, 0) is 53.4 Å². The molecule has 0 aliphatic carbocycles. The topological polar surface area (TPSA) is 111 Å². The lowest BCUT2D eigenvalue weighted by atomic mass is 10.1. The Bertz CT molecular complexity index is 1830. The van der Waals surface area contributed by atoms with Crippen LogP contribution in [-0.2, 0) is 10.1 Å². The van der Waals surface area contributed by atoms with Crippen LogP contribution in [0.5, 0.6) is 0 Å². The van der Waals surface area contributed by atoms with E-state index in [9.17, 15) is 13.0 Å². The van der Waals surface area contributed by atoms with Gasteiger partial charge in [-0.3, -0.25) is 4.55 Å². The second kappa shape index (κ2) is 7.62. The summed E-state index contributed by atoms with van der Waals surface area (Å²) in [6, 6.07) is 23.8. The van der Waals surface area contributed by atoms with Crippen molar-refractivity contribution in [1.82, 2.24) is 20.0 Å². The van der Waals surface area contributed by atoms with Crippen LogP contribution in [0.2, 0.25) is 0 Å². The summed E-state index contributed by atoms with van der Waals surface area (Å²) in [7, 11) is -4.30. The van der Waals surface area contributed by atoms with Gasteiger partial charge in [-0.25, -0.2) is 4.98 Å². The van der Waals surface area contributed by atoms with Gasteiger partial charge in [0.05, 0.1) is 10.6 Å². The van der Waals surface area contributed by atoms with Crippen LogP contribution in [0.3, 0.4) is 0 Å². The molecule has 0 aliphatic heterocycles. The summed E-state index contributed by atoms with van der Waals surface area (Å²) in [6.45, 7) is 0. The van der Waals surface area contributed by atoms with Gasteiger partial charge in [0.2, 0.25) is 5.89 Å². The number of aromatic nitrogens is 4. The SMILES string of the molecule is O=S(=O)(O)c1ccc2oc(/C=C/c3ccc(-n4nc5ccc6ccccc6c5n4)cc3)nc2c1. The third kappa shape index (κ3) is 3.62. The van der Waals surface area contributed by atoms with Crippen LogP contribution in [0.25, 0.3) is 50.7 Å². The van der Waals surface area contributed by atoms with Crippen molar-refractivity contribution in [3.05, 3.63) is 90.3 Å². The molecule has 0 radical (unpaired) electrons. The molecule has 0 atom stereocenters. The zero-order chi connectivity index (χ0) is 23.3. The highest BCUT2D eigenvalue weighted by Crippen LogP contribution is 2.24. The number of rotatable bonds is 4. The van der Waals surface area contributed by atoms with Crippen molar-refractivity contribution in [2.45, 2.75) is 4.90 Å². The predicted molar refractivity (Wildman–Crippen MR) is 129 cm³/mol. The average Bonchev–Trinajstić information content (AvgIpc) is 3.46. The lowest BCUT2D eigenvalue weighted by molar-refractivity contribution is 0.483. The Hall–Kier alpha value is -4.34. The van der Waals surface area contributed by atoms with E-state index in [0.29, 0.717) is 17.0 Å². The first-order valence-corrected chi connectivity index (χ1v) is 11.8. The number of benzene rings is 4. The molecule has 2 aromatic heterocycles. The minimum absolute atomic E-state index is 0.229. The lowest BCUT2D eigenvalue weighted by Gasteiger charge is -1.99. The number of hydrogen-bond donors (Lipinski definition) is 1. The molecule has 0 spiro atoms. The zero-order valence-electron chi connectivity index (χ0n) is 17.5. The van der Waals surface area contributed by atoms with E-state index in [1.165, 1.54) is 18.2 Å². The maximum Gasteiger partial charge on any atom is 0.294 e. The van der Waals surface area contributed by atoms with E-state index < -0.39 is 10.1 Å². The minimum Gasteiger partial charge on any atom is -0.437 e. The van der Waals surface area contributed by atoms with Crippen LogP contribution in [-0.4, -0.2) is 32.9 Å². The van der Waals surface area contributed by atoms with Crippen molar-refractivity contribution >= 4 is 55.2 Å². The molecule has 34 heavy (non-hydrogen) atoms. The predicted octanol–water partition coefficient (Wildman–Crippen LogP) is 5.13. The molecule has 0 unspecified atom stereocenters. The molecule has 0 saturated heterocycles. The molecule has 0 bridgehead atoms. The molecule has 0 saturated carbocycles. The third-order valence-corrected chi connectivity index (χ3v) is 6.34. The maximum absolute atomic E-state index is 11.3. The van der Waals surface area contributed by atoms with Crippen LogP contribution < -0.4 is 0 Å². The van der Waals surface area contributed by atoms with Crippen LogP contribution >= 0.6 is 0 Å². The highest BCUT2D eigenvalue weighted by Gasteiger charge is 2.13. The molecule has 1 N–H and O–H groups in total. The Balaban J connectivity index is 1.27. The molecule has 8 nitrogen and oxygen atoms in total. The van der Waals surface area contributed by atoms with E-state index in [1.807, 2.05) is 60.7 Å². The Morgan fingerprint density at radius 2 is 1.68 bits per heavy atom. The molecular weight excluding hydrogens is 452 g/mol. The Morgan fingerprint density at radius 1 is 0.853 bits per heavy atom. The average molecular weight is 468 g/mol. The standard InChI is InChI=1S/C25H16N4O4S/c30-34(31,32)19-11-13-23-22(15-19)26-24(33-23)14-7-16-5-9-18(10-6-16)29-27-21-12-8-17-3-1-2-4-20(17)25(21)28-29/h1-15H,(H,30,31,32)/b14-7+. The molecule has 2 heterocycles. The monoisotopic (exact) mass is 468 g/mol. The maximum atomic E-state index is 11.3. The van der Waals surface area contributed by atoms with Gasteiger partial charge in [-0.15, -0.1) is 10.2 Å². The number of nitrogens with zero attached hydrogens (tertiary/aromatic N) is 4. The van der Waals surface area contributed by atoms with Crippen molar-refractivity contribution in [3.8, 4) is 5.69 Å². The largest absolute Gasteiger partial charge is 0.437 e. The first kappa shape index (κ1) is 20.3. The van der Waals surface area contributed by atoms with Gasteiger partial charge in [0.1, 0.15) is 16.6 Å². The van der Waals surface area contributed by atoms with Gasteiger partial charge in [0.15, 0.2) is 5.58 Å². The van der Waals surface area contributed by atoms with Crippen molar-refractivity contribution in [2.24, 2.45) is 0 Å². The first-order valence-electron chi connectivity index (χ1n) is 10.4. The second-order valence-electron chi connectivity index (χ2n) is 7.73. The quantitative estimate of drug-likeness (QED) is 0.357. The van der Waals surface area contributed by atoms with Gasteiger partial charge >= 0.3 is 0 Å². The van der Waals surface area contributed by atoms with Gasteiger partial charge in [0.25, 0.3) is 10.1 Å². The van der Waals surface area contributed by atoms with Crippen molar-refractivity contribution in [1.29, 1.82) is 0 Å². The summed E-state index contributed by atoms with van der Waals surface area (Å²) in [5.74, 6) is 0.318. The van der Waals surface area contributed by atoms with Crippen molar-refractivity contribution < 1.29 is 17.4 Å². The molecule has 0 amide bonds. The van der Waals surface area contributed by atoms with Gasteiger partial charge in [-0.1, -0.05) is 42.5 Å². The van der Waals surface area contributed by atoms with Crippen LogP contribution in [0, 0.1) is 0 Å². The molecule has 0 fully saturated rings. The molecule has 6 aromatic rings. The number of hydrogen-bond acceptors (Lipinski definition) is 6. The van der Waals surface area contributed by atoms with Crippen LogP contribution in [0.4, 0.5) is 0 Å². The van der Waals surface area contributed by atoms with E-state index in [0.717, 1.165) is 33.1 Å². The summed E-state index contributed by atoms with van der Waals surface area (Å²) in [5.41, 5.74) is 4.19. The summed E-state index contributed by atoms with van der Waals surface area (Å²) >= 11 is 0.